The molecule has 0 spiro atoms. The first-order valence-corrected chi connectivity index (χ1v) is 6.95. The second kappa shape index (κ2) is 6.24. The number of hydrogen-bond donors (Lipinski definition) is 2. The molecule has 1 aromatic carbocycles. The number of carbonyl (C=O) groups excluding carboxylic acids is 1. The summed E-state index contributed by atoms with van der Waals surface area (Å²) in [4.78, 5) is 13.6. The number of Topliss-reactive ketones (excluding diaryl/α,β-unsaturated/α-hetero) is 1. The van der Waals surface area contributed by atoms with Crippen molar-refractivity contribution in [3.05, 3.63) is 47.2 Å². The van der Waals surface area contributed by atoms with E-state index < -0.39 is 7.05 Å². The van der Waals surface area contributed by atoms with Crippen LogP contribution in [0.1, 0.15) is 25.5 Å². The maximum absolute atomic E-state index is 11.7. The fraction of sp³-hybridized carbons (Fsp3) is 0.400. The molecule has 5 heteroatoms. The summed E-state index contributed by atoms with van der Waals surface area (Å²) in [6, 6.07) is 10.3. The van der Waals surface area contributed by atoms with E-state index in [4.69, 9.17) is 0 Å². The van der Waals surface area contributed by atoms with E-state index in [-0.39, 0.29) is 11.8 Å². The van der Waals surface area contributed by atoms with Gasteiger partial charge < -0.3 is 15.2 Å². The summed E-state index contributed by atoms with van der Waals surface area (Å²) < 4.78 is 0. The number of benzene rings is 1. The Labute approximate surface area is 120 Å². The molecule has 0 radical (unpaired) electrons. The van der Waals surface area contributed by atoms with Gasteiger partial charge in [-0.1, -0.05) is 30.3 Å². The van der Waals surface area contributed by atoms with Gasteiger partial charge >= 0.3 is 7.05 Å². The predicted octanol–water partition coefficient (Wildman–Crippen LogP) is 1.61. The second-order valence-corrected chi connectivity index (χ2v) is 5.33. The maximum Gasteiger partial charge on any atom is 0.377 e. The van der Waals surface area contributed by atoms with Gasteiger partial charge in [-0.2, -0.15) is 0 Å². The van der Waals surface area contributed by atoms with Crippen LogP contribution in [-0.2, 0) is 4.79 Å². The molecule has 0 saturated carbocycles. The minimum atomic E-state index is -0.546. The number of nitrogens with one attached hydrogen (secondary N) is 1. The Bertz CT molecular complexity index is 514. The molecule has 0 bridgehead atoms. The van der Waals surface area contributed by atoms with E-state index in [9.17, 15) is 9.82 Å². The van der Waals surface area contributed by atoms with Crippen molar-refractivity contribution in [3.8, 4) is 0 Å². The van der Waals surface area contributed by atoms with Gasteiger partial charge in [-0.25, -0.2) is 0 Å². The number of nitrogens with zero attached hydrogens (tertiary/aromatic N) is 1. The van der Waals surface area contributed by atoms with Gasteiger partial charge in [0.1, 0.15) is 0 Å². The summed E-state index contributed by atoms with van der Waals surface area (Å²) in [5.74, 6) is 0.0657. The molecule has 0 aromatic heterocycles. The Kier molecular flexibility index (Phi) is 4.63. The molecule has 1 aromatic rings. The van der Waals surface area contributed by atoms with Crippen LogP contribution in [-0.4, -0.2) is 35.8 Å². The highest BCUT2D eigenvalue weighted by Crippen LogP contribution is 2.21. The highest BCUT2D eigenvalue weighted by molar-refractivity contribution is 6.45. The molecule has 1 heterocycles. The van der Waals surface area contributed by atoms with Gasteiger partial charge in [0, 0.05) is 30.4 Å². The molecule has 0 unspecified atom stereocenters. The fourth-order valence-corrected chi connectivity index (χ4v) is 2.46. The lowest BCUT2D eigenvalue weighted by Crippen LogP contribution is -2.36. The van der Waals surface area contributed by atoms with Crippen LogP contribution in [0.2, 0.25) is 6.82 Å². The Balaban J connectivity index is 2.13. The number of carbonyl (C=O) groups is 1. The van der Waals surface area contributed by atoms with Crippen LogP contribution in [0.25, 0.3) is 0 Å². The summed E-state index contributed by atoms with van der Waals surface area (Å²) in [5.41, 5.74) is 2.88. The molecule has 0 amide bonds. The highest BCUT2D eigenvalue weighted by atomic mass is 16.2. The van der Waals surface area contributed by atoms with E-state index >= 15 is 0 Å². The fourth-order valence-electron chi connectivity index (χ4n) is 2.46. The van der Waals surface area contributed by atoms with E-state index in [2.05, 4.69) is 24.4 Å². The number of ketones is 1. The summed E-state index contributed by atoms with van der Waals surface area (Å²) in [6.07, 6.45) is 0. The monoisotopic (exact) mass is 272 g/mol. The Morgan fingerprint density at radius 2 is 2.00 bits per heavy atom. The Morgan fingerprint density at radius 1 is 1.35 bits per heavy atom. The van der Waals surface area contributed by atoms with E-state index in [1.54, 1.807) is 13.7 Å². The van der Waals surface area contributed by atoms with Crippen LogP contribution >= 0.6 is 0 Å². The van der Waals surface area contributed by atoms with Gasteiger partial charge in [0.25, 0.3) is 0 Å². The zero-order valence-electron chi connectivity index (χ0n) is 12.3. The zero-order valence-corrected chi connectivity index (χ0v) is 12.3. The molecule has 106 valence electrons. The van der Waals surface area contributed by atoms with Crippen molar-refractivity contribution >= 4 is 12.8 Å². The number of hydrogen-bond acceptors (Lipinski definition) is 4. The lowest BCUT2D eigenvalue weighted by Gasteiger charge is -2.19. The third-order valence-electron chi connectivity index (χ3n) is 3.73. The van der Waals surface area contributed by atoms with Gasteiger partial charge in [-0.15, -0.1) is 0 Å². The van der Waals surface area contributed by atoms with Crippen molar-refractivity contribution in [2.75, 3.05) is 13.1 Å². The van der Waals surface area contributed by atoms with Crippen molar-refractivity contribution in [1.82, 2.24) is 10.1 Å². The molecule has 0 fully saturated rings. The molecule has 4 nitrogen and oxygen atoms in total. The molecule has 1 aliphatic rings. The highest BCUT2D eigenvalue weighted by Gasteiger charge is 2.29. The molecular weight excluding hydrogens is 251 g/mol. The first-order chi connectivity index (χ1) is 9.49. The first-order valence-electron chi connectivity index (χ1n) is 6.95. The molecule has 2 rings (SSSR count). The quantitative estimate of drug-likeness (QED) is 0.799. The van der Waals surface area contributed by atoms with Gasteiger partial charge in [0.05, 0.1) is 0 Å². The van der Waals surface area contributed by atoms with E-state index in [1.807, 2.05) is 23.0 Å². The van der Waals surface area contributed by atoms with Gasteiger partial charge in [-0.05, 0) is 26.2 Å². The SMILES string of the molecule is CB(O)N1CC(N[C@H](C)c2ccccc2)=C(C(C)=O)C1. The third kappa shape index (κ3) is 3.29. The third-order valence-corrected chi connectivity index (χ3v) is 3.73. The van der Waals surface area contributed by atoms with Gasteiger partial charge in [-0.3, -0.25) is 4.79 Å². The molecular formula is C15H21BN2O2. The van der Waals surface area contributed by atoms with E-state index in [0.717, 1.165) is 11.3 Å². The van der Waals surface area contributed by atoms with Crippen molar-refractivity contribution in [2.45, 2.75) is 26.7 Å². The largest absolute Gasteiger partial charge is 0.437 e. The summed E-state index contributed by atoms with van der Waals surface area (Å²) in [7, 11) is -0.546. The lowest BCUT2D eigenvalue weighted by atomic mass is 9.85. The van der Waals surface area contributed by atoms with Crippen molar-refractivity contribution in [3.63, 3.8) is 0 Å². The lowest BCUT2D eigenvalue weighted by molar-refractivity contribution is -0.113. The molecule has 1 aliphatic heterocycles. The average molecular weight is 272 g/mol. The first kappa shape index (κ1) is 14.8. The molecule has 20 heavy (non-hydrogen) atoms. The standard InChI is InChI=1S/C15H21BN2O2/c1-11(13-7-5-4-6-8-13)17-15-10-18(16(3)20)9-14(15)12(2)19/h4-8,11,17,20H,9-10H2,1-3H3/t11-/m1/s1. The average Bonchev–Trinajstić information content (AvgIpc) is 2.84. The summed E-state index contributed by atoms with van der Waals surface area (Å²) >= 11 is 0. The molecule has 2 N–H and O–H groups in total. The summed E-state index contributed by atoms with van der Waals surface area (Å²) in [5, 5.41) is 13.1. The van der Waals surface area contributed by atoms with Crippen molar-refractivity contribution in [1.29, 1.82) is 0 Å². The van der Waals surface area contributed by atoms with E-state index in [1.165, 1.54) is 5.56 Å². The minimum Gasteiger partial charge on any atom is -0.437 e. The van der Waals surface area contributed by atoms with Gasteiger partial charge in [0.15, 0.2) is 5.78 Å². The minimum absolute atomic E-state index is 0.0657. The van der Waals surface area contributed by atoms with Crippen LogP contribution in [0.3, 0.4) is 0 Å². The Morgan fingerprint density at radius 3 is 2.55 bits per heavy atom. The predicted molar refractivity (Wildman–Crippen MR) is 81.1 cm³/mol. The van der Waals surface area contributed by atoms with Gasteiger partial charge in [0.2, 0.25) is 0 Å². The van der Waals surface area contributed by atoms with Crippen LogP contribution in [0, 0.1) is 0 Å². The molecule has 0 saturated heterocycles. The molecule has 0 aliphatic carbocycles. The summed E-state index contributed by atoms with van der Waals surface area (Å²) in [6.45, 7) is 6.47. The van der Waals surface area contributed by atoms with Crippen molar-refractivity contribution in [2.24, 2.45) is 0 Å². The topological polar surface area (TPSA) is 52.6 Å². The van der Waals surface area contributed by atoms with Crippen LogP contribution in [0.4, 0.5) is 0 Å². The van der Waals surface area contributed by atoms with Crippen LogP contribution in [0.5, 0.6) is 0 Å². The van der Waals surface area contributed by atoms with Crippen molar-refractivity contribution < 1.29 is 9.82 Å². The molecule has 1 atom stereocenters. The van der Waals surface area contributed by atoms with Crippen LogP contribution < -0.4 is 5.32 Å². The van der Waals surface area contributed by atoms with E-state index in [0.29, 0.717) is 13.1 Å². The van der Waals surface area contributed by atoms with Crippen LogP contribution in [0.15, 0.2) is 41.6 Å². The zero-order chi connectivity index (χ0) is 14.7. The normalized spacial score (nSPS) is 17.2. The Hall–Kier alpha value is -1.59. The number of rotatable bonds is 5. The second-order valence-electron chi connectivity index (χ2n) is 5.33. The maximum atomic E-state index is 11.7. The smallest absolute Gasteiger partial charge is 0.377 e.